The van der Waals surface area contributed by atoms with E-state index in [0.29, 0.717) is 13.0 Å². The van der Waals surface area contributed by atoms with Gasteiger partial charge in [0.15, 0.2) is 0 Å². The quantitative estimate of drug-likeness (QED) is 0.146. The van der Waals surface area contributed by atoms with Gasteiger partial charge in [0.05, 0.1) is 39.6 Å². The maximum Gasteiger partial charge on any atom is 0.307 e. The second-order valence-corrected chi connectivity index (χ2v) is 9.60. The minimum atomic E-state index is -0.404. The van der Waals surface area contributed by atoms with Crippen LogP contribution in [0.5, 0.6) is 0 Å². The number of aryl methyl sites for hydroxylation is 1. The molecule has 0 saturated heterocycles. The number of nitro groups is 1. The third kappa shape index (κ3) is 8.82. The van der Waals surface area contributed by atoms with Crippen molar-refractivity contribution >= 4 is 22.6 Å². The lowest BCUT2D eigenvalue weighted by atomic mass is 10.1. The number of benzene rings is 2. The average molecular weight is 507 g/mol. The minimum absolute atomic E-state index is 0. The van der Waals surface area contributed by atoms with Crippen LogP contribution in [0.3, 0.4) is 0 Å². The summed E-state index contributed by atoms with van der Waals surface area (Å²) in [4.78, 5) is 26.2. The molecule has 0 spiro atoms. The van der Waals surface area contributed by atoms with Gasteiger partial charge in [0.25, 0.3) is 5.69 Å². The van der Waals surface area contributed by atoms with Crippen molar-refractivity contribution < 1.29 is 24.4 Å². The molecule has 0 aliphatic rings. The van der Waals surface area contributed by atoms with E-state index < -0.39 is 4.92 Å². The summed E-state index contributed by atoms with van der Waals surface area (Å²) in [6.07, 6.45) is 6.26. The molecule has 2 aromatic carbocycles. The van der Waals surface area contributed by atoms with Gasteiger partial charge in [0.1, 0.15) is 6.54 Å². The van der Waals surface area contributed by atoms with Crippen LogP contribution in [0.1, 0.15) is 23.1 Å². The van der Waals surface area contributed by atoms with Crippen LogP contribution in [-0.2, 0) is 29.0 Å². The van der Waals surface area contributed by atoms with Gasteiger partial charge in [0.2, 0.25) is 0 Å². The molecule has 0 saturated carbocycles. The first kappa shape index (κ1) is 29.2. The molecule has 1 N–H and O–H groups in total. The number of carbonyl (C=O) groups excluding carboxylic acids is 1. The third-order valence-electron chi connectivity index (χ3n) is 5.56. The highest BCUT2D eigenvalue weighted by molar-refractivity contribution is 5.86. The second-order valence-electron chi connectivity index (χ2n) is 9.60. The van der Waals surface area contributed by atoms with E-state index in [4.69, 9.17) is 0 Å². The van der Waals surface area contributed by atoms with Crippen molar-refractivity contribution in [2.24, 2.45) is 0 Å². The average Bonchev–Trinajstić information content (AvgIpc) is 3.19. The number of hydrogen-bond donors (Lipinski definition) is 0. The second kappa shape index (κ2) is 13.3. The highest BCUT2D eigenvalue weighted by atomic mass is 16.6. The molecule has 0 fully saturated rings. The Bertz CT molecular complexity index is 1300. The molecular formula is C28H34N4O5. The van der Waals surface area contributed by atoms with Crippen LogP contribution < -0.4 is 0 Å². The van der Waals surface area contributed by atoms with E-state index in [9.17, 15) is 14.9 Å². The van der Waals surface area contributed by atoms with Crippen LogP contribution in [0.25, 0.3) is 10.9 Å². The van der Waals surface area contributed by atoms with Gasteiger partial charge in [-0.2, -0.15) is 0 Å². The molecule has 0 amide bonds. The molecule has 0 aliphatic heterocycles. The number of quaternary nitrogens is 1. The van der Waals surface area contributed by atoms with E-state index in [0.717, 1.165) is 33.1 Å². The van der Waals surface area contributed by atoms with E-state index in [-0.39, 0.29) is 23.6 Å². The summed E-state index contributed by atoms with van der Waals surface area (Å²) in [6, 6.07) is 19.2. The van der Waals surface area contributed by atoms with E-state index >= 15 is 0 Å². The first-order valence-corrected chi connectivity index (χ1v) is 11.7. The summed E-state index contributed by atoms with van der Waals surface area (Å²) in [5.74, 6) is -0.294. The Balaban J connectivity index is 0.000000339. The van der Waals surface area contributed by atoms with Crippen LogP contribution in [0.2, 0.25) is 0 Å². The lowest BCUT2D eigenvalue weighted by Gasteiger charge is -2.23. The Hall–Kier alpha value is -4.08. The molecule has 0 unspecified atom stereocenters. The number of pyridine rings is 1. The van der Waals surface area contributed by atoms with E-state index in [1.165, 1.54) is 18.7 Å². The number of hydrogen-bond acceptors (Lipinski definition) is 6. The van der Waals surface area contributed by atoms with Crippen molar-refractivity contribution in [3.8, 4) is 0 Å². The predicted octanol–water partition coefficient (Wildman–Crippen LogP) is 4.81. The molecule has 0 radical (unpaired) electrons. The van der Waals surface area contributed by atoms with Crippen molar-refractivity contribution in [3.63, 3.8) is 0 Å². The number of nitro benzene ring substituents is 1. The maximum absolute atomic E-state index is 11.4. The zero-order valence-corrected chi connectivity index (χ0v) is 21.7. The minimum Gasteiger partial charge on any atom is -0.870 e. The predicted molar refractivity (Wildman–Crippen MR) is 142 cm³/mol. The molecule has 37 heavy (non-hydrogen) atoms. The Kier molecular flexibility index (Phi) is 10.5. The largest absolute Gasteiger partial charge is 0.870 e. The standard InChI is InChI=1S/C18H17N3O4.C10H16N.H2O/c1-25-18(22)6-8-20-12-14(9-13-3-2-7-19-11-13)16-10-15(21(23)24)4-5-17(16)20;1-11(2,3)9-10-7-5-4-6-8-10;/h2-5,7,10-12H,6,8-9H2,1H3;4-8H,9H2,1-3H3;1H2/q;+1;/p-1. The van der Waals surface area contributed by atoms with Crippen molar-refractivity contribution in [1.29, 1.82) is 0 Å². The number of fused-ring (bicyclic) bond motifs is 1. The topological polar surface area (TPSA) is 117 Å². The van der Waals surface area contributed by atoms with Crippen LogP contribution in [0, 0.1) is 10.1 Å². The molecule has 0 bridgehead atoms. The van der Waals surface area contributed by atoms with Crippen molar-refractivity contribution in [1.82, 2.24) is 9.55 Å². The van der Waals surface area contributed by atoms with Crippen LogP contribution in [0.15, 0.2) is 79.3 Å². The number of esters is 1. The Morgan fingerprint density at radius 2 is 1.76 bits per heavy atom. The van der Waals surface area contributed by atoms with Gasteiger partial charge in [-0.15, -0.1) is 0 Å². The zero-order chi connectivity index (χ0) is 26.1. The van der Waals surface area contributed by atoms with Gasteiger partial charge < -0.3 is 19.3 Å². The summed E-state index contributed by atoms with van der Waals surface area (Å²) < 4.78 is 7.61. The number of carbonyl (C=O) groups is 1. The third-order valence-corrected chi connectivity index (χ3v) is 5.56. The molecule has 0 aliphatic carbocycles. The highest BCUT2D eigenvalue weighted by Gasteiger charge is 2.15. The van der Waals surface area contributed by atoms with Crippen molar-refractivity contribution in [2.75, 3.05) is 28.3 Å². The molecular weight excluding hydrogens is 472 g/mol. The molecule has 0 atom stereocenters. The van der Waals surface area contributed by atoms with Gasteiger partial charge in [0, 0.05) is 60.2 Å². The van der Waals surface area contributed by atoms with Crippen LogP contribution >= 0.6 is 0 Å². The van der Waals surface area contributed by atoms with Gasteiger partial charge in [-0.05, 0) is 23.3 Å². The monoisotopic (exact) mass is 506 g/mol. The SMILES string of the molecule is COC(=O)CCn1cc(Cc2cccnc2)c2cc([N+](=O)[O-])ccc21.C[N+](C)(C)Cc1ccccc1.[OH-]. The Labute approximate surface area is 217 Å². The zero-order valence-electron chi connectivity index (χ0n) is 21.7. The Morgan fingerprint density at radius 1 is 1.05 bits per heavy atom. The summed E-state index contributed by atoms with van der Waals surface area (Å²) in [7, 11) is 7.96. The first-order chi connectivity index (χ1) is 17.2. The molecule has 4 rings (SSSR count). The molecule has 196 valence electrons. The van der Waals surface area contributed by atoms with E-state index in [1.54, 1.807) is 24.5 Å². The number of nitrogens with zero attached hydrogens (tertiary/aromatic N) is 4. The number of methoxy groups -OCH3 is 1. The fourth-order valence-corrected chi connectivity index (χ4v) is 3.97. The smallest absolute Gasteiger partial charge is 0.307 e. The number of aromatic nitrogens is 2. The van der Waals surface area contributed by atoms with Gasteiger partial charge >= 0.3 is 5.97 Å². The molecule has 9 nitrogen and oxygen atoms in total. The van der Waals surface area contributed by atoms with Crippen LogP contribution in [-0.4, -0.2) is 58.7 Å². The van der Waals surface area contributed by atoms with Crippen molar-refractivity contribution in [3.05, 3.63) is 106 Å². The molecule has 2 heterocycles. The number of non-ortho nitro benzene ring substituents is 1. The Morgan fingerprint density at radius 3 is 2.35 bits per heavy atom. The van der Waals surface area contributed by atoms with Crippen molar-refractivity contribution in [2.45, 2.75) is 25.9 Å². The first-order valence-electron chi connectivity index (χ1n) is 11.7. The lowest BCUT2D eigenvalue weighted by molar-refractivity contribution is -0.884. The highest BCUT2D eigenvalue weighted by Crippen LogP contribution is 2.28. The molecule has 9 heteroatoms. The summed E-state index contributed by atoms with van der Waals surface area (Å²) >= 11 is 0. The molecule has 4 aromatic rings. The van der Waals surface area contributed by atoms with E-state index in [2.05, 4.69) is 61.2 Å². The number of rotatable bonds is 8. The van der Waals surface area contributed by atoms with Crippen LogP contribution in [0.4, 0.5) is 5.69 Å². The summed E-state index contributed by atoms with van der Waals surface area (Å²) in [5, 5.41) is 11.9. The summed E-state index contributed by atoms with van der Waals surface area (Å²) in [6.45, 7) is 1.55. The van der Waals surface area contributed by atoms with E-state index in [1.807, 2.05) is 22.9 Å². The fourth-order valence-electron chi connectivity index (χ4n) is 3.97. The van der Waals surface area contributed by atoms with Gasteiger partial charge in [-0.1, -0.05) is 36.4 Å². The fraction of sp³-hybridized carbons (Fsp3) is 0.286. The number of ether oxygens (including phenoxy) is 1. The summed E-state index contributed by atoms with van der Waals surface area (Å²) in [5.41, 5.74) is 4.27. The molecule has 2 aromatic heterocycles. The maximum atomic E-state index is 11.4. The lowest BCUT2D eigenvalue weighted by Crippen LogP contribution is -2.33. The van der Waals surface area contributed by atoms with Gasteiger partial charge in [-0.3, -0.25) is 19.9 Å². The van der Waals surface area contributed by atoms with Gasteiger partial charge in [-0.25, -0.2) is 0 Å². The normalized spacial score (nSPS) is 10.7.